The quantitative estimate of drug-likeness (QED) is 0.218. The fraction of sp³-hybridized carbons (Fsp3) is 1.00. The maximum absolute atomic E-state index is 2.29. The number of hydrogen-bond acceptors (Lipinski definition) is 0. The van der Waals surface area contributed by atoms with Crippen molar-refractivity contribution in [1.29, 1.82) is 0 Å². The Labute approximate surface area is 156 Å². The van der Waals surface area contributed by atoms with E-state index in [0.29, 0.717) is 0 Å². The fourth-order valence-corrected chi connectivity index (χ4v) is 3.12. The van der Waals surface area contributed by atoms with E-state index in [1.54, 1.807) is 0 Å². The van der Waals surface area contributed by atoms with Crippen LogP contribution in [0.15, 0.2) is 0 Å². The Morgan fingerprint density at radius 2 is 0.333 bits per heavy atom. The summed E-state index contributed by atoms with van der Waals surface area (Å²) in [6.07, 6.45) is 28.9. The minimum Gasteiger partial charge on any atom is -0.0654 e. The second-order valence-electron chi connectivity index (χ2n) is 7.66. The normalized spacial score (nSPS) is 10.5. The molecule has 0 bridgehead atoms. The summed E-state index contributed by atoms with van der Waals surface area (Å²) in [7, 11) is 0. The van der Waals surface area contributed by atoms with Crippen molar-refractivity contribution >= 4 is 0 Å². The van der Waals surface area contributed by atoms with Gasteiger partial charge in [-0.1, -0.05) is 156 Å². The van der Waals surface area contributed by atoms with Gasteiger partial charge in [0, 0.05) is 0 Å². The zero-order chi connectivity index (χ0) is 18.1. The molecule has 0 N–H and O–H groups in total. The zero-order valence-corrected chi connectivity index (χ0v) is 18.1. The van der Waals surface area contributed by atoms with E-state index in [2.05, 4.69) is 27.7 Å². The third kappa shape index (κ3) is 29.9. The molecule has 0 radical (unpaired) electrons. The van der Waals surface area contributed by atoms with Crippen molar-refractivity contribution in [2.24, 2.45) is 0 Å². The average Bonchev–Trinajstić information content (AvgIpc) is 2.60. The van der Waals surface area contributed by atoms with Crippen LogP contribution in [0.3, 0.4) is 0 Å². The lowest BCUT2D eigenvalue weighted by atomic mass is 10.0. The van der Waals surface area contributed by atoms with Crippen LogP contribution in [0.4, 0.5) is 0 Å². The average molecular weight is 341 g/mol. The van der Waals surface area contributed by atoms with Gasteiger partial charge in [0.25, 0.3) is 0 Å². The molecule has 0 aliphatic heterocycles. The Bertz CT molecular complexity index is 153. The van der Waals surface area contributed by atoms with E-state index < -0.39 is 0 Å². The van der Waals surface area contributed by atoms with Crippen LogP contribution < -0.4 is 0 Å². The van der Waals surface area contributed by atoms with Crippen LogP contribution in [0.1, 0.15) is 156 Å². The summed E-state index contributed by atoms with van der Waals surface area (Å²) in [6.45, 7) is 9.09. The minimum atomic E-state index is 1.36. The molecule has 0 saturated carbocycles. The van der Waals surface area contributed by atoms with Crippen LogP contribution >= 0.6 is 0 Å². The van der Waals surface area contributed by atoms with Crippen molar-refractivity contribution in [2.75, 3.05) is 0 Å². The predicted octanol–water partition coefficient (Wildman–Crippen LogP) is 9.85. The predicted molar refractivity (Wildman–Crippen MR) is 115 cm³/mol. The molecule has 0 saturated heterocycles. The molecule has 0 unspecified atom stereocenters. The fourth-order valence-electron chi connectivity index (χ4n) is 3.12. The lowest BCUT2D eigenvalue weighted by molar-refractivity contribution is 0.538. The summed E-state index contributed by atoms with van der Waals surface area (Å²) < 4.78 is 0. The Hall–Kier alpha value is 0. The van der Waals surface area contributed by atoms with Crippen molar-refractivity contribution in [2.45, 2.75) is 156 Å². The molecule has 0 aromatic carbocycles. The molecule has 0 spiro atoms. The highest BCUT2D eigenvalue weighted by Crippen LogP contribution is 2.12. The molecular weight excluding hydrogens is 288 g/mol. The molecule has 0 aromatic heterocycles. The Balaban J connectivity index is 0. The molecule has 0 atom stereocenters. The molecule has 24 heavy (non-hydrogen) atoms. The molecule has 0 nitrogen and oxygen atoms in total. The van der Waals surface area contributed by atoms with Crippen molar-refractivity contribution < 1.29 is 0 Å². The third-order valence-corrected chi connectivity index (χ3v) is 4.91. The summed E-state index contributed by atoms with van der Waals surface area (Å²) in [6, 6.07) is 0. The van der Waals surface area contributed by atoms with Gasteiger partial charge in [-0.2, -0.15) is 0 Å². The lowest BCUT2D eigenvalue weighted by Gasteiger charge is -2.02. The molecule has 148 valence electrons. The van der Waals surface area contributed by atoms with Gasteiger partial charge in [0.05, 0.1) is 0 Å². The molecule has 0 fully saturated rings. The second-order valence-corrected chi connectivity index (χ2v) is 7.66. The highest BCUT2D eigenvalue weighted by atomic mass is 14.0. The van der Waals surface area contributed by atoms with E-state index in [4.69, 9.17) is 0 Å². The number of hydrogen-bond donors (Lipinski definition) is 0. The molecule has 0 heteroatoms. The van der Waals surface area contributed by atoms with Gasteiger partial charge < -0.3 is 0 Å². The smallest absolute Gasteiger partial charge is 0.0533 e. The summed E-state index contributed by atoms with van der Waals surface area (Å²) in [4.78, 5) is 0. The van der Waals surface area contributed by atoms with Crippen LogP contribution in [-0.2, 0) is 0 Å². The van der Waals surface area contributed by atoms with Gasteiger partial charge in [0.15, 0.2) is 0 Å². The summed E-state index contributed by atoms with van der Waals surface area (Å²) in [5.41, 5.74) is 0. The highest BCUT2D eigenvalue weighted by molar-refractivity contribution is 4.48. The Kier molecular flexibility index (Phi) is 30.4. The zero-order valence-electron chi connectivity index (χ0n) is 18.1. The van der Waals surface area contributed by atoms with Crippen molar-refractivity contribution in [1.82, 2.24) is 0 Å². The first-order chi connectivity index (χ1) is 11.8. The van der Waals surface area contributed by atoms with E-state index in [0.717, 1.165) is 0 Å². The summed E-state index contributed by atoms with van der Waals surface area (Å²) >= 11 is 0. The SMILES string of the molecule is CCCCCCCC.CCCCCCCCCCCCCCCC. The van der Waals surface area contributed by atoms with Gasteiger partial charge in [0.1, 0.15) is 0 Å². The van der Waals surface area contributed by atoms with Crippen LogP contribution in [-0.4, -0.2) is 0 Å². The van der Waals surface area contributed by atoms with Crippen LogP contribution in [0.25, 0.3) is 0 Å². The first-order valence-corrected chi connectivity index (χ1v) is 11.8. The van der Waals surface area contributed by atoms with Gasteiger partial charge in [-0.05, 0) is 0 Å². The largest absolute Gasteiger partial charge is 0.0654 e. The minimum absolute atomic E-state index is 1.36. The van der Waals surface area contributed by atoms with Crippen LogP contribution in [0.2, 0.25) is 0 Å². The molecule has 0 aliphatic rings. The van der Waals surface area contributed by atoms with Gasteiger partial charge in [-0.15, -0.1) is 0 Å². The standard InChI is InChI=1S/C16H34.C8H18/c1-3-5-7-9-11-13-15-16-14-12-10-8-6-4-2;1-3-5-7-8-6-4-2/h3-16H2,1-2H3;3-8H2,1-2H3. The van der Waals surface area contributed by atoms with Gasteiger partial charge in [0.2, 0.25) is 0 Å². The highest BCUT2D eigenvalue weighted by Gasteiger charge is 1.92. The van der Waals surface area contributed by atoms with Gasteiger partial charge in [-0.25, -0.2) is 0 Å². The molecule has 0 rings (SSSR count). The third-order valence-electron chi connectivity index (χ3n) is 4.91. The van der Waals surface area contributed by atoms with Crippen molar-refractivity contribution in [3.05, 3.63) is 0 Å². The van der Waals surface area contributed by atoms with Crippen molar-refractivity contribution in [3.63, 3.8) is 0 Å². The molecule has 0 heterocycles. The van der Waals surface area contributed by atoms with E-state index >= 15 is 0 Å². The lowest BCUT2D eigenvalue weighted by Crippen LogP contribution is -1.82. The first kappa shape index (κ1) is 26.2. The van der Waals surface area contributed by atoms with E-state index in [9.17, 15) is 0 Å². The molecular formula is C24H52. The topological polar surface area (TPSA) is 0 Å². The molecule has 0 aliphatic carbocycles. The molecule has 0 aromatic rings. The molecule has 0 amide bonds. The van der Waals surface area contributed by atoms with Crippen LogP contribution in [0.5, 0.6) is 0 Å². The Morgan fingerprint density at radius 1 is 0.208 bits per heavy atom. The number of rotatable bonds is 18. The number of unbranched alkanes of at least 4 members (excludes halogenated alkanes) is 18. The van der Waals surface area contributed by atoms with Crippen molar-refractivity contribution in [3.8, 4) is 0 Å². The van der Waals surface area contributed by atoms with E-state index in [-0.39, 0.29) is 0 Å². The summed E-state index contributed by atoms with van der Waals surface area (Å²) in [5, 5.41) is 0. The maximum Gasteiger partial charge on any atom is -0.0533 e. The summed E-state index contributed by atoms with van der Waals surface area (Å²) in [5.74, 6) is 0. The van der Waals surface area contributed by atoms with Gasteiger partial charge >= 0.3 is 0 Å². The van der Waals surface area contributed by atoms with Crippen LogP contribution in [0, 0.1) is 0 Å². The van der Waals surface area contributed by atoms with E-state index in [1.165, 1.54) is 128 Å². The maximum atomic E-state index is 2.29. The van der Waals surface area contributed by atoms with Gasteiger partial charge in [-0.3, -0.25) is 0 Å². The Morgan fingerprint density at radius 3 is 0.458 bits per heavy atom. The monoisotopic (exact) mass is 340 g/mol. The first-order valence-electron chi connectivity index (χ1n) is 11.8. The second kappa shape index (κ2) is 27.8. The van der Waals surface area contributed by atoms with E-state index in [1.807, 2.05) is 0 Å².